The summed E-state index contributed by atoms with van der Waals surface area (Å²) in [6.45, 7) is 6.06. The van der Waals surface area contributed by atoms with Crippen molar-refractivity contribution >= 4 is 17.4 Å². The molecule has 23 heavy (non-hydrogen) atoms. The zero-order valence-electron chi connectivity index (χ0n) is 13.4. The van der Waals surface area contributed by atoms with E-state index in [4.69, 9.17) is 11.6 Å². The Labute approximate surface area is 140 Å². The molecule has 0 aromatic carbocycles. The van der Waals surface area contributed by atoms with Crippen molar-refractivity contribution in [2.24, 2.45) is 5.41 Å². The molecule has 0 amide bonds. The number of allylic oxidation sites excluding steroid dienone is 4. The standard InChI is InChI=1S/C18H18ClN3O/c1-10-12(8-20)16(11-4-5-15(19)21-9-11)17-13(22-10)6-18(2,3)7-14(17)23/h4-5,9,16,22H,6-7H2,1-3H3/t16-/m1/s1. The van der Waals surface area contributed by atoms with Crippen LogP contribution in [0.15, 0.2) is 40.9 Å². The SMILES string of the molecule is CC1=C(C#N)[C@@H](c2ccc(Cl)nc2)C2=C(CC(C)(C)CC2=O)N1. The van der Waals surface area contributed by atoms with Gasteiger partial charge < -0.3 is 5.32 Å². The van der Waals surface area contributed by atoms with Crippen molar-refractivity contribution in [3.05, 3.63) is 51.6 Å². The first-order chi connectivity index (χ1) is 10.8. The van der Waals surface area contributed by atoms with E-state index in [1.54, 1.807) is 12.3 Å². The van der Waals surface area contributed by atoms with Crippen molar-refractivity contribution in [1.82, 2.24) is 10.3 Å². The van der Waals surface area contributed by atoms with E-state index < -0.39 is 0 Å². The fraction of sp³-hybridized carbons (Fsp3) is 0.389. The highest BCUT2D eigenvalue weighted by atomic mass is 35.5. The topological polar surface area (TPSA) is 65.8 Å². The Morgan fingerprint density at radius 1 is 1.39 bits per heavy atom. The number of Topliss-reactive ketones (excluding diaryl/α,β-unsaturated/α-hetero) is 1. The van der Waals surface area contributed by atoms with Gasteiger partial charge in [0.25, 0.3) is 0 Å². The smallest absolute Gasteiger partial charge is 0.162 e. The van der Waals surface area contributed by atoms with Crippen molar-refractivity contribution in [3.8, 4) is 6.07 Å². The second-order valence-corrected chi connectivity index (χ2v) is 7.34. The fourth-order valence-corrected chi connectivity index (χ4v) is 3.59. The molecule has 0 bridgehead atoms. The first-order valence-electron chi connectivity index (χ1n) is 7.58. The van der Waals surface area contributed by atoms with Gasteiger partial charge in [0, 0.05) is 29.6 Å². The molecule has 0 unspecified atom stereocenters. The molecule has 118 valence electrons. The summed E-state index contributed by atoms with van der Waals surface area (Å²) in [5.41, 5.74) is 3.76. The molecule has 0 fully saturated rings. The number of carbonyl (C=O) groups excluding carboxylic acids is 1. The number of nitriles is 1. The maximum atomic E-state index is 12.8. The molecule has 2 heterocycles. The predicted octanol–water partition coefficient (Wildman–Crippen LogP) is 3.86. The third kappa shape index (κ3) is 2.77. The van der Waals surface area contributed by atoms with Crippen molar-refractivity contribution in [3.63, 3.8) is 0 Å². The summed E-state index contributed by atoms with van der Waals surface area (Å²) >= 11 is 5.87. The summed E-state index contributed by atoms with van der Waals surface area (Å²) < 4.78 is 0. The van der Waals surface area contributed by atoms with E-state index in [2.05, 4.69) is 30.2 Å². The molecular weight excluding hydrogens is 310 g/mol. The number of pyridine rings is 1. The predicted molar refractivity (Wildman–Crippen MR) is 88.5 cm³/mol. The monoisotopic (exact) mass is 327 g/mol. The molecule has 4 nitrogen and oxygen atoms in total. The average Bonchev–Trinajstić information content (AvgIpc) is 2.45. The number of nitrogens with zero attached hydrogens (tertiary/aromatic N) is 2. The van der Waals surface area contributed by atoms with Crippen molar-refractivity contribution < 1.29 is 4.79 Å². The lowest BCUT2D eigenvalue weighted by molar-refractivity contribution is -0.118. The fourth-order valence-electron chi connectivity index (χ4n) is 3.48. The van der Waals surface area contributed by atoms with Crippen LogP contribution in [-0.2, 0) is 4.79 Å². The number of ketones is 1. The summed E-state index contributed by atoms with van der Waals surface area (Å²) in [5.74, 6) is -0.256. The van der Waals surface area contributed by atoms with Crippen LogP contribution in [0.3, 0.4) is 0 Å². The molecule has 1 N–H and O–H groups in total. The third-order valence-corrected chi connectivity index (χ3v) is 4.67. The largest absolute Gasteiger partial charge is 0.361 e. The van der Waals surface area contributed by atoms with E-state index in [1.807, 2.05) is 13.0 Å². The molecule has 0 radical (unpaired) electrons. The van der Waals surface area contributed by atoms with E-state index in [0.29, 0.717) is 22.7 Å². The molecule has 3 rings (SSSR count). The molecule has 1 aliphatic carbocycles. The molecule has 0 spiro atoms. The summed E-state index contributed by atoms with van der Waals surface area (Å²) in [5, 5.41) is 13.3. The first kappa shape index (κ1) is 15.8. The van der Waals surface area contributed by atoms with Crippen LogP contribution in [0.2, 0.25) is 5.15 Å². The lowest BCUT2D eigenvalue weighted by Crippen LogP contribution is -2.36. The van der Waals surface area contributed by atoms with Gasteiger partial charge in [-0.25, -0.2) is 4.98 Å². The number of nitrogens with one attached hydrogen (secondary N) is 1. The van der Waals surface area contributed by atoms with Gasteiger partial charge in [0.15, 0.2) is 5.78 Å². The van der Waals surface area contributed by atoms with Gasteiger partial charge in [-0.15, -0.1) is 0 Å². The highest BCUT2D eigenvalue weighted by Gasteiger charge is 2.41. The summed E-state index contributed by atoms with van der Waals surface area (Å²) in [6.07, 6.45) is 2.94. The van der Waals surface area contributed by atoms with Gasteiger partial charge in [-0.3, -0.25) is 4.79 Å². The molecule has 0 saturated carbocycles. The van der Waals surface area contributed by atoms with Gasteiger partial charge in [-0.2, -0.15) is 5.26 Å². The van der Waals surface area contributed by atoms with Crippen LogP contribution in [0, 0.1) is 16.7 Å². The van der Waals surface area contributed by atoms with Crippen molar-refractivity contribution in [2.75, 3.05) is 0 Å². The van der Waals surface area contributed by atoms with Crippen molar-refractivity contribution in [1.29, 1.82) is 5.26 Å². The molecule has 5 heteroatoms. The molecule has 1 aromatic rings. The number of carbonyl (C=O) groups is 1. The van der Waals surface area contributed by atoms with E-state index >= 15 is 0 Å². The highest BCUT2D eigenvalue weighted by molar-refractivity contribution is 6.29. The number of rotatable bonds is 1. The summed E-state index contributed by atoms with van der Waals surface area (Å²) in [6, 6.07) is 5.80. The second kappa shape index (κ2) is 5.50. The van der Waals surface area contributed by atoms with E-state index in [9.17, 15) is 10.1 Å². The minimum atomic E-state index is -0.357. The molecule has 1 atom stereocenters. The Bertz CT molecular complexity index is 781. The molecule has 2 aliphatic rings. The lowest BCUT2D eigenvalue weighted by atomic mass is 9.69. The van der Waals surface area contributed by atoms with Crippen LogP contribution in [0.25, 0.3) is 0 Å². The van der Waals surface area contributed by atoms with Gasteiger partial charge in [-0.05, 0) is 30.4 Å². The second-order valence-electron chi connectivity index (χ2n) is 6.96. The number of halogens is 1. The molecule has 1 aromatic heterocycles. The van der Waals surface area contributed by atoms with Crippen LogP contribution >= 0.6 is 11.6 Å². The average molecular weight is 328 g/mol. The molecule has 1 aliphatic heterocycles. The van der Waals surface area contributed by atoms with Crippen LogP contribution in [0.4, 0.5) is 0 Å². The van der Waals surface area contributed by atoms with E-state index in [0.717, 1.165) is 23.4 Å². The van der Waals surface area contributed by atoms with E-state index in [1.165, 1.54) is 0 Å². The zero-order valence-corrected chi connectivity index (χ0v) is 14.2. The van der Waals surface area contributed by atoms with Gasteiger partial charge in [-0.1, -0.05) is 31.5 Å². The van der Waals surface area contributed by atoms with Gasteiger partial charge in [0.1, 0.15) is 5.15 Å². The van der Waals surface area contributed by atoms with Crippen LogP contribution in [0.1, 0.15) is 45.1 Å². The summed E-state index contributed by atoms with van der Waals surface area (Å²) in [7, 11) is 0. The van der Waals surface area contributed by atoms with Crippen LogP contribution in [0.5, 0.6) is 0 Å². The normalized spacial score (nSPS) is 23.3. The highest BCUT2D eigenvalue weighted by Crippen LogP contribution is 2.46. The number of dihydropyridines is 1. The minimum Gasteiger partial charge on any atom is -0.361 e. The Kier molecular flexibility index (Phi) is 3.77. The number of hydrogen-bond acceptors (Lipinski definition) is 4. The Morgan fingerprint density at radius 2 is 2.13 bits per heavy atom. The third-order valence-electron chi connectivity index (χ3n) is 4.44. The van der Waals surface area contributed by atoms with Crippen molar-refractivity contribution in [2.45, 2.75) is 39.5 Å². The zero-order chi connectivity index (χ0) is 16.8. The Hall–Kier alpha value is -2.12. The Balaban J connectivity index is 2.17. The van der Waals surface area contributed by atoms with E-state index in [-0.39, 0.29) is 17.1 Å². The maximum Gasteiger partial charge on any atom is 0.162 e. The first-order valence-corrected chi connectivity index (χ1v) is 7.96. The van der Waals surface area contributed by atoms with Gasteiger partial charge in [0.2, 0.25) is 0 Å². The van der Waals surface area contributed by atoms with Gasteiger partial charge in [0.05, 0.1) is 17.6 Å². The lowest BCUT2D eigenvalue weighted by Gasteiger charge is -2.38. The Morgan fingerprint density at radius 3 is 2.74 bits per heavy atom. The molecule has 0 saturated heterocycles. The number of aromatic nitrogens is 1. The quantitative estimate of drug-likeness (QED) is 0.795. The number of hydrogen-bond donors (Lipinski definition) is 1. The minimum absolute atomic E-state index is 0.0733. The summed E-state index contributed by atoms with van der Waals surface area (Å²) in [4.78, 5) is 16.9. The van der Waals surface area contributed by atoms with Crippen LogP contribution in [-0.4, -0.2) is 10.8 Å². The molecular formula is C18H18ClN3O. The van der Waals surface area contributed by atoms with Gasteiger partial charge >= 0.3 is 0 Å². The maximum absolute atomic E-state index is 12.8. The van der Waals surface area contributed by atoms with Crippen LogP contribution < -0.4 is 5.32 Å².